The van der Waals surface area contributed by atoms with Crippen molar-refractivity contribution in [3.63, 3.8) is 0 Å². The lowest BCUT2D eigenvalue weighted by atomic mass is 9.80. The molecule has 0 radical (unpaired) electrons. The average molecular weight is 539 g/mol. The number of carbonyl (C=O) groups excluding carboxylic acids is 1. The largest absolute Gasteiger partial charge is 0.300 e. The molecule has 0 atom stereocenters. The summed E-state index contributed by atoms with van der Waals surface area (Å²) in [7, 11) is 0. The molecule has 5 rings (SSSR count). The number of rotatable bonds is 11. The quantitative estimate of drug-likeness (QED) is 0.245. The van der Waals surface area contributed by atoms with Crippen molar-refractivity contribution < 1.29 is 9.18 Å². The molecular weight excluding hydrogens is 495 g/mol. The minimum atomic E-state index is -0.205. The van der Waals surface area contributed by atoms with Gasteiger partial charge in [0, 0.05) is 18.4 Å². The highest BCUT2D eigenvalue weighted by atomic mass is 19.1. The van der Waals surface area contributed by atoms with Crippen LogP contribution >= 0.6 is 0 Å². The van der Waals surface area contributed by atoms with Gasteiger partial charge in [0.2, 0.25) is 0 Å². The van der Waals surface area contributed by atoms with Crippen LogP contribution < -0.4 is 0 Å². The third kappa shape index (κ3) is 8.19. The van der Waals surface area contributed by atoms with Gasteiger partial charge < -0.3 is 0 Å². The Morgan fingerprint density at radius 3 is 2.35 bits per heavy atom. The third-order valence-electron chi connectivity index (χ3n) is 8.85. The molecule has 1 heterocycles. The van der Waals surface area contributed by atoms with Crippen LogP contribution in [0.25, 0.3) is 6.08 Å². The van der Waals surface area contributed by atoms with Gasteiger partial charge in [0.25, 0.3) is 0 Å². The van der Waals surface area contributed by atoms with Crippen LogP contribution in [-0.2, 0) is 30.5 Å². The summed E-state index contributed by atoms with van der Waals surface area (Å²) in [4.78, 5) is 21.6. The molecule has 0 unspecified atom stereocenters. The highest BCUT2D eigenvalue weighted by Crippen LogP contribution is 2.35. The molecule has 1 aromatic heterocycles. The van der Waals surface area contributed by atoms with Crippen molar-refractivity contribution in [3.8, 4) is 0 Å². The van der Waals surface area contributed by atoms with Gasteiger partial charge in [0.15, 0.2) is 0 Å². The molecule has 2 aliphatic rings. The van der Waals surface area contributed by atoms with Crippen molar-refractivity contribution in [1.29, 1.82) is 0 Å². The van der Waals surface area contributed by atoms with Crippen LogP contribution in [-0.4, -0.2) is 15.8 Å². The van der Waals surface area contributed by atoms with Gasteiger partial charge in [-0.15, -0.1) is 0 Å². The van der Waals surface area contributed by atoms with Gasteiger partial charge in [0.05, 0.1) is 11.4 Å². The van der Waals surface area contributed by atoms with E-state index in [4.69, 9.17) is 0 Å². The molecule has 0 amide bonds. The molecular formula is C36H43FN2O. The minimum Gasteiger partial charge on any atom is -0.300 e. The zero-order chi connectivity index (χ0) is 27.6. The van der Waals surface area contributed by atoms with E-state index >= 15 is 0 Å². The number of aryl methyl sites for hydroxylation is 3. The van der Waals surface area contributed by atoms with Crippen molar-refractivity contribution >= 4 is 11.9 Å². The number of ketones is 1. The molecule has 0 N–H and O–H groups in total. The molecule has 3 nitrogen and oxygen atoms in total. The Morgan fingerprint density at radius 1 is 0.875 bits per heavy atom. The molecule has 4 heteroatoms. The van der Waals surface area contributed by atoms with Crippen LogP contribution in [0, 0.1) is 11.7 Å². The molecule has 2 aromatic carbocycles. The fourth-order valence-electron chi connectivity index (χ4n) is 6.65. The summed E-state index contributed by atoms with van der Waals surface area (Å²) >= 11 is 0. The van der Waals surface area contributed by atoms with Crippen molar-refractivity contribution in [2.45, 2.75) is 102 Å². The standard InChI is InChI=1S/C36H43FN2O/c37-32-18-6-12-28(24-32)14-8-20-33(40)19-7-13-27-9-5-17-31(23-27)30-15-3-10-29(11-4-16-30)25-36-34-21-1-2-22-35(34)38-26-39-36/h1,5-6,9,12,17-18,21,23-24,26,29-30H,2-4,7-8,10-11,13-16,19-20,22,25H2. The molecule has 0 spiro atoms. The van der Waals surface area contributed by atoms with Gasteiger partial charge in [-0.3, -0.25) is 4.79 Å². The highest BCUT2D eigenvalue weighted by molar-refractivity contribution is 5.78. The first kappa shape index (κ1) is 28.4. The Bertz CT molecular complexity index is 1290. The van der Waals surface area contributed by atoms with E-state index in [1.165, 1.54) is 72.7 Å². The molecule has 3 aromatic rings. The maximum atomic E-state index is 13.3. The van der Waals surface area contributed by atoms with E-state index in [0.717, 1.165) is 50.5 Å². The van der Waals surface area contributed by atoms with Crippen LogP contribution in [0.4, 0.5) is 4.39 Å². The summed E-state index contributed by atoms with van der Waals surface area (Å²) in [6.07, 6.45) is 21.7. The van der Waals surface area contributed by atoms with Crippen LogP contribution in [0.15, 0.2) is 60.9 Å². The Hall–Kier alpha value is -3.14. The molecule has 0 bridgehead atoms. The van der Waals surface area contributed by atoms with E-state index in [1.54, 1.807) is 18.5 Å². The van der Waals surface area contributed by atoms with E-state index in [9.17, 15) is 9.18 Å². The molecule has 1 fully saturated rings. The summed E-state index contributed by atoms with van der Waals surface area (Å²) in [5, 5.41) is 0. The summed E-state index contributed by atoms with van der Waals surface area (Å²) in [5.41, 5.74) is 7.57. The second kappa shape index (κ2) is 14.5. The van der Waals surface area contributed by atoms with Gasteiger partial charge in [-0.05, 0) is 98.4 Å². The Balaban J connectivity index is 1.05. The maximum absolute atomic E-state index is 13.3. The molecule has 40 heavy (non-hydrogen) atoms. The fourth-order valence-corrected chi connectivity index (χ4v) is 6.65. The maximum Gasteiger partial charge on any atom is 0.132 e. The first-order valence-electron chi connectivity index (χ1n) is 15.5. The number of allylic oxidation sites excluding steroid dienone is 1. The first-order chi connectivity index (χ1) is 19.6. The number of benzene rings is 2. The van der Waals surface area contributed by atoms with Crippen molar-refractivity contribution in [3.05, 3.63) is 100 Å². The molecule has 2 aliphatic carbocycles. The Labute approximate surface area is 239 Å². The van der Waals surface area contributed by atoms with Gasteiger partial charge in [-0.2, -0.15) is 0 Å². The lowest BCUT2D eigenvalue weighted by Crippen LogP contribution is -2.14. The number of hydrogen-bond acceptors (Lipinski definition) is 3. The predicted molar refractivity (Wildman–Crippen MR) is 161 cm³/mol. The predicted octanol–water partition coefficient (Wildman–Crippen LogP) is 8.79. The number of halogens is 1. The lowest BCUT2D eigenvalue weighted by Gasteiger charge is -2.26. The van der Waals surface area contributed by atoms with Gasteiger partial charge in [-0.1, -0.05) is 74.2 Å². The number of nitrogens with zero attached hydrogens (tertiary/aromatic N) is 2. The summed E-state index contributed by atoms with van der Waals surface area (Å²) in [6, 6.07) is 15.8. The van der Waals surface area contributed by atoms with Crippen LogP contribution in [0.5, 0.6) is 0 Å². The van der Waals surface area contributed by atoms with E-state index in [2.05, 4.69) is 46.4 Å². The van der Waals surface area contributed by atoms with Gasteiger partial charge >= 0.3 is 0 Å². The monoisotopic (exact) mass is 538 g/mol. The molecule has 0 aliphatic heterocycles. The number of hydrogen-bond donors (Lipinski definition) is 0. The average Bonchev–Trinajstić information content (AvgIpc) is 2.95. The lowest BCUT2D eigenvalue weighted by molar-refractivity contribution is -0.119. The zero-order valence-electron chi connectivity index (χ0n) is 23.8. The van der Waals surface area contributed by atoms with E-state index in [0.29, 0.717) is 30.5 Å². The Kier molecular flexibility index (Phi) is 10.3. The zero-order valence-corrected chi connectivity index (χ0v) is 23.8. The second-order valence-electron chi connectivity index (χ2n) is 11.9. The minimum absolute atomic E-state index is 0.205. The topological polar surface area (TPSA) is 42.9 Å². The van der Waals surface area contributed by atoms with Crippen LogP contribution in [0.1, 0.15) is 110 Å². The van der Waals surface area contributed by atoms with E-state index < -0.39 is 0 Å². The van der Waals surface area contributed by atoms with E-state index in [1.807, 2.05) is 6.07 Å². The third-order valence-corrected chi connectivity index (χ3v) is 8.85. The number of fused-ring (bicyclic) bond motifs is 1. The smallest absolute Gasteiger partial charge is 0.132 e. The van der Waals surface area contributed by atoms with Crippen molar-refractivity contribution in [2.75, 3.05) is 0 Å². The number of aromatic nitrogens is 2. The summed E-state index contributed by atoms with van der Waals surface area (Å²) in [5.74, 6) is 1.47. The van der Waals surface area contributed by atoms with Gasteiger partial charge in [0.1, 0.15) is 17.9 Å². The van der Waals surface area contributed by atoms with E-state index in [-0.39, 0.29) is 5.82 Å². The molecule has 0 saturated heterocycles. The normalized spacial score (nSPS) is 19.0. The highest BCUT2D eigenvalue weighted by Gasteiger charge is 2.21. The second-order valence-corrected chi connectivity index (χ2v) is 11.9. The van der Waals surface area contributed by atoms with Crippen LogP contribution in [0.2, 0.25) is 0 Å². The summed E-state index contributed by atoms with van der Waals surface area (Å²) < 4.78 is 13.3. The Morgan fingerprint density at radius 2 is 1.60 bits per heavy atom. The first-order valence-corrected chi connectivity index (χ1v) is 15.5. The molecule has 210 valence electrons. The van der Waals surface area contributed by atoms with Crippen molar-refractivity contribution in [1.82, 2.24) is 9.97 Å². The van der Waals surface area contributed by atoms with Crippen molar-refractivity contribution in [2.24, 2.45) is 5.92 Å². The van der Waals surface area contributed by atoms with Gasteiger partial charge in [-0.25, -0.2) is 14.4 Å². The number of Topliss-reactive ketones (excluding diaryl/α,β-unsaturated/α-hetero) is 1. The molecule has 1 saturated carbocycles. The SMILES string of the molecule is O=C(CCCc1cccc(F)c1)CCCc1cccc(C2CCCC(Cc3ncnc4c3C=CCC4)CCC2)c1. The number of carbonyl (C=O) groups is 1. The summed E-state index contributed by atoms with van der Waals surface area (Å²) in [6.45, 7) is 0. The van der Waals surface area contributed by atoms with Crippen LogP contribution in [0.3, 0.4) is 0 Å². The fraction of sp³-hybridized carbons (Fsp3) is 0.472.